The van der Waals surface area contributed by atoms with Crippen molar-refractivity contribution in [3.8, 4) is 0 Å². The highest BCUT2D eigenvalue weighted by Crippen LogP contribution is 2.31. The van der Waals surface area contributed by atoms with Gasteiger partial charge in [0, 0.05) is 29.1 Å². The molecule has 3 N–H and O–H groups in total. The van der Waals surface area contributed by atoms with E-state index in [1.807, 2.05) is 0 Å². The van der Waals surface area contributed by atoms with Crippen molar-refractivity contribution in [3.63, 3.8) is 0 Å². The van der Waals surface area contributed by atoms with E-state index in [0.717, 1.165) is 4.90 Å². The summed E-state index contributed by atoms with van der Waals surface area (Å²) in [5.74, 6) is -1.07. The van der Waals surface area contributed by atoms with Gasteiger partial charge in [0.25, 0.3) is 11.8 Å². The Labute approximate surface area is 184 Å². The van der Waals surface area contributed by atoms with Crippen LogP contribution in [-0.2, 0) is 14.8 Å². The second kappa shape index (κ2) is 9.50. The first-order chi connectivity index (χ1) is 14.8. The maximum Gasteiger partial charge on any atom is 0.269 e. The van der Waals surface area contributed by atoms with Crippen molar-refractivity contribution in [1.29, 1.82) is 0 Å². The number of thioether (sulfide) groups is 1. The lowest BCUT2D eigenvalue weighted by molar-refractivity contribution is -0.113. The molecule has 0 saturated heterocycles. The molecule has 0 spiro atoms. The fraction of sp³-hybridized carbons (Fsp3) is 0.250. The number of benzene rings is 2. The monoisotopic (exact) mass is 462 g/mol. The van der Waals surface area contributed by atoms with Crippen LogP contribution >= 0.6 is 11.8 Å². The Morgan fingerprint density at radius 1 is 1.03 bits per heavy atom. The molecule has 9 nitrogen and oxygen atoms in total. The minimum atomic E-state index is -3.72. The maximum atomic E-state index is 12.7. The van der Waals surface area contributed by atoms with Crippen LogP contribution in [-0.4, -0.2) is 49.3 Å². The molecule has 1 aliphatic heterocycles. The van der Waals surface area contributed by atoms with E-state index in [1.54, 1.807) is 26.0 Å². The molecule has 0 unspecified atom stereocenters. The molecule has 1 aliphatic rings. The molecule has 3 amide bonds. The molecule has 2 aromatic carbocycles. The van der Waals surface area contributed by atoms with E-state index >= 15 is 0 Å². The second-order valence-electron chi connectivity index (χ2n) is 6.57. The first-order valence-corrected chi connectivity index (χ1v) is 12.0. The zero-order valence-corrected chi connectivity index (χ0v) is 18.6. The van der Waals surface area contributed by atoms with Gasteiger partial charge in [0.05, 0.1) is 16.3 Å². The Kier molecular flexibility index (Phi) is 6.98. The lowest BCUT2D eigenvalue weighted by Crippen LogP contribution is -2.41. The minimum Gasteiger partial charge on any atom is -0.324 e. The van der Waals surface area contributed by atoms with E-state index in [-0.39, 0.29) is 21.9 Å². The van der Waals surface area contributed by atoms with Gasteiger partial charge in [-0.1, -0.05) is 19.9 Å². The van der Waals surface area contributed by atoms with E-state index < -0.39 is 21.8 Å². The van der Waals surface area contributed by atoms with Crippen LogP contribution < -0.4 is 16.2 Å². The lowest BCUT2D eigenvalue weighted by atomic mass is 10.2. The average molecular weight is 463 g/mol. The molecule has 3 rings (SSSR count). The van der Waals surface area contributed by atoms with Crippen molar-refractivity contribution in [2.75, 3.05) is 24.2 Å². The molecule has 0 aromatic heterocycles. The Bertz CT molecular complexity index is 1130. The van der Waals surface area contributed by atoms with Gasteiger partial charge in [0.15, 0.2) is 0 Å². The molecule has 0 radical (unpaired) electrons. The van der Waals surface area contributed by atoms with E-state index in [4.69, 9.17) is 0 Å². The molecule has 2 aromatic rings. The predicted octanol–water partition coefficient (Wildman–Crippen LogP) is 1.84. The summed E-state index contributed by atoms with van der Waals surface area (Å²) in [7, 11) is -3.72. The first-order valence-electron chi connectivity index (χ1n) is 9.53. The van der Waals surface area contributed by atoms with Crippen LogP contribution in [0.2, 0.25) is 0 Å². The van der Waals surface area contributed by atoms with Gasteiger partial charge in [0.2, 0.25) is 15.9 Å². The van der Waals surface area contributed by atoms with Gasteiger partial charge in [-0.2, -0.15) is 4.31 Å². The smallest absolute Gasteiger partial charge is 0.269 e. The maximum absolute atomic E-state index is 12.7. The van der Waals surface area contributed by atoms with E-state index in [2.05, 4.69) is 16.2 Å². The highest BCUT2D eigenvalue weighted by Gasteiger charge is 2.23. The quantitative estimate of drug-likeness (QED) is 0.563. The zero-order valence-electron chi connectivity index (χ0n) is 17.0. The van der Waals surface area contributed by atoms with Crippen molar-refractivity contribution < 1.29 is 22.8 Å². The van der Waals surface area contributed by atoms with Crippen molar-refractivity contribution in [1.82, 2.24) is 15.2 Å². The number of nitrogens with zero attached hydrogens (tertiary/aromatic N) is 1. The highest BCUT2D eigenvalue weighted by molar-refractivity contribution is 8.00. The van der Waals surface area contributed by atoms with Gasteiger partial charge < -0.3 is 5.32 Å². The fourth-order valence-electron chi connectivity index (χ4n) is 2.99. The van der Waals surface area contributed by atoms with E-state index in [9.17, 15) is 22.8 Å². The number of carbonyl (C=O) groups excluding carboxylic acids is 3. The van der Waals surface area contributed by atoms with Crippen molar-refractivity contribution in [2.45, 2.75) is 23.6 Å². The summed E-state index contributed by atoms with van der Waals surface area (Å²) >= 11 is 1.38. The molecule has 0 aliphatic carbocycles. The van der Waals surface area contributed by atoms with E-state index in [1.165, 1.54) is 46.4 Å². The van der Waals surface area contributed by atoms with Gasteiger partial charge in [0.1, 0.15) is 0 Å². The summed E-state index contributed by atoms with van der Waals surface area (Å²) in [6, 6.07) is 10.4. The van der Waals surface area contributed by atoms with Crippen LogP contribution in [0.3, 0.4) is 0 Å². The van der Waals surface area contributed by atoms with Crippen LogP contribution in [0.25, 0.3) is 0 Å². The SMILES string of the molecule is CCN(CC)S(=O)(=O)c1cccc(C(=O)NNC(=O)c2ccc3c(c2)NC(=O)CS3)c1. The Morgan fingerprint density at radius 3 is 2.32 bits per heavy atom. The van der Waals surface area contributed by atoms with Crippen LogP contribution in [0.1, 0.15) is 34.6 Å². The average Bonchev–Trinajstić information content (AvgIpc) is 2.77. The summed E-state index contributed by atoms with van der Waals surface area (Å²) < 4.78 is 26.6. The molecule has 0 atom stereocenters. The summed E-state index contributed by atoms with van der Waals surface area (Å²) in [5.41, 5.74) is 5.46. The molecule has 0 fully saturated rings. The van der Waals surface area contributed by atoms with Crippen LogP contribution in [0, 0.1) is 0 Å². The predicted molar refractivity (Wildman–Crippen MR) is 117 cm³/mol. The third-order valence-corrected chi connectivity index (χ3v) is 7.72. The van der Waals surface area contributed by atoms with E-state index in [0.29, 0.717) is 24.5 Å². The number of amides is 3. The molecule has 0 saturated carbocycles. The molecular weight excluding hydrogens is 440 g/mol. The standard InChI is InChI=1S/C20H22N4O5S2/c1-3-24(4-2)31(28,29)15-7-5-6-13(10-15)19(26)22-23-20(27)14-8-9-17-16(11-14)21-18(25)12-30-17/h5-11H,3-4,12H2,1-2H3,(H,21,25)(H,22,26)(H,23,27). The molecule has 164 valence electrons. The number of anilines is 1. The molecule has 31 heavy (non-hydrogen) atoms. The fourth-order valence-corrected chi connectivity index (χ4v) is 5.29. The number of carbonyl (C=O) groups is 3. The van der Waals surface area contributed by atoms with Gasteiger partial charge >= 0.3 is 0 Å². The molecular formula is C20H22N4O5S2. The van der Waals surface area contributed by atoms with Crippen molar-refractivity contribution in [2.24, 2.45) is 0 Å². The van der Waals surface area contributed by atoms with Crippen molar-refractivity contribution in [3.05, 3.63) is 53.6 Å². The molecule has 1 heterocycles. The number of hydrogen-bond acceptors (Lipinski definition) is 6. The summed E-state index contributed by atoms with van der Waals surface area (Å²) in [5, 5.41) is 2.70. The third kappa shape index (κ3) is 5.06. The van der Waals surface area contributed by atoms with Crippen molar-refractivity contribution >= 4 is 45.2 Å². The topological polar surface area (TPSA) is 125 Å². The molecule has 0 bridgehead atoms. The Morgan fingerprint density at radius 2 is 1.68 bits per heavy atom. The van der Waals surface area contributed by atoms with Crippen LogP contribution in [0.4, 0.5) is 5.69 Å². The normalized spacial score (nSPS) is 13.3. The zero-order chi connectivity index (χ0) is 22.6. The highest BCUT2D eigenvalue weighted by atomic mass is 32.2. The first kappa shape index (κ1) is 22.8. The summed E-state index contributed by atoms with van der Waals surface area (Å²) in [6.45, 7) is 4.09. The van der Waals surface area contributed by atoms with Gasteiger partial charge in [-0.05, 0) is 36.4 Å². The Hall–Kier alpha value is -2.89. The number of nitrogens with one attached hydrogen (secondary N) is 3. The Balaban J connectivity index is 1.69. The number of fused-ring (bicyclic) bond motifs is 1. The van der Waals surface area contributed by atoms with Gasteiger partial charge in [-0.15, -0.1) is 11.8 Å². The largest absolute Gasteiger partial charge is 0.324 e. The second-order valence-corrected chi connectivity index (χ2v) is 9.53. The minimum absolute atomic E-state index is 0.00175. The third-order valence-electron chi connectivity index (χ3n) is 4.60. The summed E-state index contributed by atoms with van der Waals surface area (Å²) in [6.07, 6.45) is 0. The number of rotatable bonds is 6. The lowest BCUT2D eigenvalue weighted by Gasteiger charge is -2.18. The summed E-state index contributed by atoms with van der Waals surface area (Å²) in [4.78, 5) is 37.2. The number of hydrazine groups is 1. The van der Waals surface area contributed by atoms with Crippen LogP contribution in [0.5, 0.6) is 0 Å². The number of hydrogen-bond donors (Lipinski definition) is 3. The van der Waals surface area contributed by atoms with Crippen LogP contribution in [0.15, 0.2) is 52.3 Å². The van der Waals surface area contributed by atoms with Gasteiger partial charge in [-0.3, -0.25) is 25.2 Å². The van der Waals surface area contributed by atoms with Gasteiger partial charge in [-0.25, -0.2) is 8.42 Å². The molecule has 11 heteroatoms. The number of sulfonamides is 1.